The molecule has 0 bridgehead atoms. The molecule has 1 aliphatic rings. The molecule has 10 heteroatoms. The van der Waals surface area contributed by atoms with Gasteiger partial charge in [0.2, 0.25) is 12.7 Å². The lowest BCUT2D eigenvalue weighted by atomic mass is 10.2. The molecule has 2 heterocycles. The second-order valence-corrected chi connectivity index (χ2v) is 7.94. The number of hydrogen-bond acceptors (Lipinski definition) is 7. The Labute approximate surface area is 205 Å². The summed E-state index contributed by atoms with van der Waals surface area (Å²) in [5, 5.41) is 21.7. The third-order valence-corrected chi connectivity index (χ3v) is 5.51. The molecule has 0 saturated heterocycles. The van der Waals surface area contributed by atoms with Crippen molar-refractivity contribution >= 4 is 28.4 Å². The first-order chi connectivity index (χ1) is 17.6. The number of carbonyl (C=O) groups excluding carboxylic acids is 2. The summed E-state index contributed by atoms with van der Waals surface area (Å²) in [7, 11) is 0. The van der Waals surface area contributed by atoms with Gasteiger partial charge in [0.05, 0.1) is 12.1 Å². The highest BCUT2D eigenvalue weighted by Gasteiger charge is 2.19. The van der Waals surface area contributed by atoms with Gasteiger partial charge in [-0.1, -0.05) is 42.5 Å². The van der Waals surface area contributed by atoms with Crippen molar-refractivity contribution in [2.45, 2.75) is 6.54 Å². The zero-order valence-electron chi connectivity index (χ0n) is 19.1. The number of para-hydroxylation sites is 2. The molecule has 3 aromatic carbocycles. The molecular formula is C26H22N4O6. The first kappa shape index (κ1) is 22.9. The van der Waals surface area contributed by atoms with Crippen LogP contribution in [-0.2, 0) is 16.1 Å². The number of hydrogen-bond donors (Lipinski definition) is 2. The number of fused-ring (bicyclic) bond motifs is 2. The van der Waals surface area contributed by atoms with Gasteiger partial charge in [-0.05, 0) is 35.9 Å². The van der Waals surface area contributed by atoms with Crippen molar-refractivity contribution in [2.24, 2.45) is 10.2 Å². The summed E-state index contributed by atoms with van der Waals surface area (Å²) in [5.41, 5.74) is 1.77. The van der Waals surface area contributed by atoms with Gasteiger partial charge >= 0.3 is 0 Å². The minimum absolute atomic E-state index is 0.134. The minimum atomic E-state index is -0.671. The Morgan fingerprint density at radius 1 is 1.00 bits per heavy atom. The molecule has 0 unspecified atom stereocenters. The van der Waals surface area contributed by atoms with E-state index in [2.05, 4.69) is 15.5 Å². The number of azo groups is 1. The summed E-state index contributed by atoms with van der Waals surface area (Å²) in [6, 6.07) is 21.7. The van der Waals surface area contributed by atoms with E-state index in [1.807, 2.05) is 36.4 Å². The van der Waals surface area contributed by atoms with E-state index in [-0.39, 0.29) is 31.5 Å². The van der Waals surface area contributed by atoms with Crippen molar-refractivity contribution in [3.05, 3.63) is 78.4 Å². The maximum atomic E-state index is 12.2. The molecule has 0 fully saturated rings. The Hall–Kier alpha value is -4.86. The summed E-state index contributed by atoms with van der Waals surface area (Å²) >= 11 is 0. The van der Waals surface area contributed by atoms with Gasteiger partial charge < -0.3 is 29.2 Å². The van der Waals surface area contributed by atoms with Gasteiger partial charge in [0.25, 0.3) is 11.8 Å². The molecule has 0 saturated carbocycles. The van der Waals surface area contributed by atoms with Crippen LogP contribution in [-0.4, -0.2) is 41.4 Å². The topological polar surface area (TPSA) is 124 Å². The van der Waals surface area contributed by atoms with E-state index >= 15 is 0 Å². The van der Waals surface area contributed by atoms with Crippen LogP contribution in [0.3, 0.4) is 0 Å². The van der Waals surface area contributed by atoms with Crippen LogP contribution >= 0.6 is 0 Å². The van der Waals surface area contributed by atoms with Crippen molar-refractivity contribution < 1.29 is 28.9 Å². The molecule has 1 aromatic heterocycles. The Kier molecular flexibility index (Phi) is 6.48. The van der Waals surface area contributed by atoms with Crippen LogP contribution in [0.1, 0.15) is 5.56 Å². The van der Waals surface area contributed by atoms with Gasteiger partial charge in [-0.15, -0.1) is 10.2 Å². The first-order valence-electron chi connectivity index (χ1n) is 11.2. The van der Waals surface area contributed by atoms with Crippen LogP contribution in [0.4, 0.5) is 5.69 Å². The highest BCUT2D eigenvalue weighted by atomic mass is 16.7. The maximum absolute atomic E-state index is 12.2. The highest BCUT2D eigenvalue weighted by Crippen LogP contribution is 2.40. The van der Waals surface area contributed by atoms with Gasteiger partial charge in [-0.25, -0.2) is 0 Å². The van der Waals surface area contributed by atoms with Crippen LogP contribution < -0.4 is 19.5 Å². The molecule has 2 amide bonds. The van der Waals surface area contributed by atoms with Gasteiger partial charge in [-0.2, -0.15) is 0 Å². The Morgan fingerprint density at radius 3 is 2.64 bits per heavy atom. The molecule has 4 aromatic rings. The maximum Gasteiger partial charge on any atom is 0.283 e. The number of aromatic nitrogens is 1. The minimum Gasteiger partial charge on any atom is -0.493 e. The number of nitrogens with one attached hydrogen (secondary N) is 1. The predicted molar refractivity (Wildman–Crippen MR) is 130 cm³/mol. The van der Waals surface area contributed by atoms with E-state index in [9.17, 15) is 14.7 Å². The Balaban J connectivity index is 1.26. The van der Waals surface area contributed by atoms with Crippen LogP contribution in [0.25, 0.3) is 10.9 Å². The number of ether oxygens (including phenoxy) is 3. The Bertz CT molecular complexity index is 1450. The molecule has 0 aliphatic carbocycles. The van der Waals surface area contributed by atoms with Crippen LogP contribution in [0, 0.1) is 0 Å². The van der Waals surface area contributed by atoms with E-state index in [1.165, 1.54) is 0 Å². The molecule has 1 aliphatic heterocycles. The lowest BCUT2D eigenvalue weighted by molar-refractivity contribution is -0.126. The molecule has 182 valence electrons. The van der Waals surface area contributed by atoms with Crippen LogP contribution in [0.2, 0.25) is 0 Å². The number of nitrogens with zero attached hydrogens (tertiary/aromatic N) is 3. The standard InChI is InChI=1S/C26H22N4O6/c31-23(13-27-24(32)15-34-18-6-2-1-3-7-18)28-29-25-19-8-4-5-9-20(19)30(26(25)33)14-17-10-11-21-22(12-17)36-16-35-21/h1-12,33H,13-16H2,(H,27,32). The normalized spacial score (nSPS) is 12.2. The van der Waals surface area contributed by atoms with Crippen LogP contribution in [0.15, 0.2) is 83.0 Å². The summed E-state index contributed by atoms with van der Waals surface area (Å²) in [5.74, 6) is 0.592. The largest absolute Gasteiger partial charge is 0.493 e. The molecule has 0 spiro atoms. The highest BCUT2D eigenvalue weighted by molar-refractivity contribution is 5.95. The summed E-state index contributed by atoms with van der Waals surface area (Å²) in [6.45, 7) is -0.0703. The lowest BCUT2D eigenvalue weighted by Gasteiger charge is -2.08. The van der Waals surface area contributed by atoms with Crippen molar-refractivity contribution in [2.75, 3.05) is 19.9 Å². The van der Waals surface area contributed by atoms with E-state index < -0.39 is 11.8 Å². The fourth-order valence-electron chi connectivity index (χ4n) is 3.78. The molecule has 0 radical (unpaired) electrons. The van der Waals surface area contributed by atoms with E-state index in [0.717, 1.165) is 11.1 Å². The third-order valence-electron chi connectivity index (χ3n) is 5.51. The third kappa shape index (κ3) is 4.97. The van der Waals surface area contributed by atoms with Crippen molar-refractivity contribution in [1.82, 2.24) is 9.88 Å². The molecule has 5 rings (SSSR count). The zero-order chi connectivity index (χ0) is 24.9. The second kappa shape index (κ2) is 10.2. The summed E-state index contributed by atoms with van der Waals surface area (Å²) in [4.78, 5) is 24.2. The van der Waals surface area contributed by atoms with Crippen molar-refractivity contribution in [3.63, 3.8) is 0 Å². The van der Waals surface area contributed by atoms with Gasteiger partial charge in [-0.3, -0.25) is 9.59 Å². The number of aromatic hydroxyl groups is 1. The zero-order valence-corrected chi connectivity index (χ0v) is 19.1. The lowest BCUT2D eigenvalue weighted by Crippen LogP contribution is -2.32. The van der Waals surface area contributed by atoms with Gasteiger partial charge in [0, 0.05) is 5.39 Å². The first-order valence-corrected chi connectivity index (χ1v) is 11.2. The number of amides is 2. The Morgan fingerprint density at radius 2 is 1.78 bits per heavy atom. The molecule has 0 atom stereocenters. The van der Waals surface area contributed by atoms with Crippen molar-refractivity contribution in [1.29, 1.82) is 0 Å². The fourth-order valence-corrected chi connectivity index (χ4v) is 3.78. The predicted octanol–water partition coefficient (Wildman–Crippen LogP) is 3.93. The van der Waals surface area contributed by atoms with Gasteiger partial charge in [0.1, 0.15) is 12.3 Å². The molecule has 10 nitrogen and oxygen atoms in total. The summed E-state index contributed by atoms with van der Waals surface area (Å²) < 4.78 is 17.8. The quantitative estimate of drug-likeness (QED) is 0.364. The number of rotatable bonds is 8. The average Bonchev–Trinajstić information content (AvgIpc) is 3.48. The monoisotopic (exact) mass is 486 g/mol. The number of benzene rings is 3. The van der Waals surface area contributed by atoms with Crippen molar-refractivity contribution in [3.8, 4) is 23.1 Å². The molecule has 36 heavy (non-hydrogen) atoms. The second-order valence-electron chi connectivity index (χ2n) is 7.94. The van der Waals surface area contributed by atoms with E-state index in [4.69, 9.17) is 14.2 Å². The number of carbonyl (C=O) groups is 2. The average molecular weight is 486 g/mol. The van der Waals surface area contributed by atoms with E-state index in [0.29, 0.717) is 29.2 Å². The smallest absolute Gasteiger partial charge is 0.283 e. The van der Waals surface area contributed by atoms with E-state index in [1.54, 1.807) is 41.0 Å². The van der Waals surface area contributed by atoms with Crippen LogP contribution in [0.5, 0.6) is 23.1 Å². The molecular weight excluding hydrogens is 464 g/mol. The molecule has 2 N–H and O–H groups in total. The van der Waals surface area contributed by atoms with Gasteiger partial charge in [0.15, 0.2) is 23.8 Å². The fraction of sp³-hybridized carbons (Fsp3) is 0.154. The SMILES string of the molecule is O=C(CNC(=O)COc1ccccc1)N=Nc1c(O)n(Cc2ccc3c(c2)OCO3)c2ccccc12. The summed E-state index contributed by atoms with van der Waals surface area (Å²) in [6.07, 6.45) is 0.